The van der Waals surface area contributed by atoms with Gasteiger partial charge in [0.1, 0.15) is 0 Å². The topological polar surface area (TPSA) is 66.3 Å². The van der Waals surface area contributed by atoms with Crippen LogP contribution in [-0.4, -0.2) is 59.0 Å². The second-order valence-corrected chi connectivity index (χ2v) is 7.10. The summed E-state index contributed by atoms with van der Waals surface area (Å²) in [6.45, 7) is 6.25. The van der Waals surface area contributed by atoms with Crippen LogP contribution in [0.25, 0.3) is 5.69 Å². The van der Waals surface area contributed by atoms with E-state index in [4.69, 9.17) is 0 Å². The number of likely N-dealkylation sites (N-methyl/N-ethyl adjacent to an activating group) is 1. The summed E-state index contributed by atoms with van der Waals surface area (Å²) in [4.78, 5) is 18.7. The number of aryl methyl sites for hydroxylation is 1. The number of amides is 1. The highest BCUT2D eigenvalue weighted by Crippen LogP contribution is 2.25. The van der Waals surface area contributed by atoms with E-state index in [0.29, 0.717) is 0 Å². The van der Waals surface area contributed by atoms with Crippen molar-refractivity contribution in [1.29, 1.82) is 0 Å². The van der Waals surface area contributed by atoms with E-state index in [-0.39, 0.29) is 11.6 Å². The molecule has 1 aliphatic rings. The Balaban J connectivity index is 1.45. The van der Waals surface area contributed by atoms with Crippen LogP contribution in [0, 0.1) is 6.92 Å². The van der Waals surface area contributed by atoms with Crippen LogP contribution in [0.5, 0.6) is 0 Å². The van der Waals surface area contributed by atoms with Crippen molar-refractivity contribution in [2.24, 2.45) is 0 Å². The minimum atomic E-state index is -0.270. The van der Waals surface area contributed by atoms with Crippen LogP contribution in [0.3, 0.4) is 0 Å². The molecule has 0 unspecified atom stereocenters. The fraction of sp³-hybridized carbons (Fsp3) is 0.286. The molecule has 1 saturated heterocycles. The van der Waals surface area contributed by atoms with Gasteiger partial charge < -0.3 is 15.1 Å². The number of hydrogen-bond acceptors (Lipinski definition) is 5. The molecular formula is C21H24N6O. The van der Waals surface area contributed by atoms with Crippen LogP contribution in [0.15, 0.2) is 54.7 Å². The molecule has 4 rings (SSSR count). The van der Waals surface area contributed by atoms with Crippen LogP contribution in [-0.2, 0) is 0 Å². The van der Waals surface area contributed by atoms with Gasteiger partial charge in [0.25, 0.3) is 5.91 Å². The van der Waals surface area contributed by atoms with Gasteiger partial charge in [-0.05, 0) is 49.9 Å². The van der Waals surface area contributed by atoms with Crippen LogP contribution in [0.4, 0.5) is 11.4 Å². The molecule has 1 fully saturated rings. The van der Waals surface area contributed by atoms with E-state index in [1.807, 2.05) is 42.5 Å². The first-order valence-electron chi connectivity index (χ1n) is 9.43. The molecule has 1 aliphatic heterocycles. The van der Waals surface area contributed by atoms with E-state index < -0.39 is 0 Å². The maximum Gasteiger partial charge on any atom is 0.277 e. The number of rotatable bonds is 4. The lowest BCUT2D eigenvalue weighted by Gasteiger charge is -2.35. The van der Waals surface area contributed by atoms with Gasteiger partial charge in [0, 0.05) is 37.6 Å². The molecule has 0 radical (unpaired) electrons. The molecule has 28 heavy (non-hydrogen) atoms. The van der Waals surface area contributed by atoms with E-state index in [2.05, 4.69) is 45.4 Å². The first-order valence-corrected chi connectivity index (χ1v) is 9.43. The molecular weight excluding hydrogens is 352 g/mol. The molecule has 2 heterocycles. The van der Waals surface area contributed by atoms with Gasteiger partial charge in [-0.3, -0.25) is 4.79 Å². The Morgan fingerprint density at radius 2 is 1.79 bits per heavy atom. The Hall–Kier alpha value is -3.19. The summed E-state index contributed by atoms with van der Waals surface area (Å²) in [6, 6.07) is 15.6. The zero-order chi connectivity index (χ0) is 19.5. The van der Waals surface area contributed by atoms with Crippen molar-refractivity contribution < 1.29 is 4.79 Å². The van der Waals surface area contributed by atoms with Crippen LogP contribution in [0.2, 0.25) is 0 Å². The number of hydrogen-bond donors (Lipinski definition) is 1. The molecule has 7 heteroatoms. The fourth-order valence-corrected chi connectivity index (χ4v) is 3.38. The third-order valence-electron chi connectivity index (χ3n) is 5.01. The first-order chi connectivity index (χ1) is 13.6. The van der Waals surface area contributed by atoms with Gasteiger partial charge in [-0.1, -0.05) is 18.2 Å². The van der Waals surface area contributed by atoms with Crippen molar-refractivity contribution in [1.82, 2.24) is 19.9 Å². The van der Waals surface area contributed by atoms with Crippen molar-refractivity contribution in [3.05, 3.63) is 66.0 Å². The summed E-state index contributed by atoms with van der Waals surface area (Å²) < 4.78 is 0. The van der Waals surface area contributed by atoms with Crippen LogP contribution >= 0.6 is 0 Å². The molecule has 1 amide bonds. The lowest BCUT2D eigenvalue weighted by Crippen LogP contribution is -2.44. The summed E-state index contributed by atoms with van der Waals surface area (Å²) in [7, 11) is 2.15. The van der Waals surface area contributed by atoms with Crippen LogP contribution < -0.4 is 10.2 Å². The number of benzene rings is 2. The number of piperazine rings is 1. The second kappa shape index (κ2) is 7.82. The molecule has 144 valence electrons. The molecule has 0 aliphatic carbocycles. The third kappa shape index (κ3) is 3.89. The van der Waals surface area contributed by atoms with Gasteiger partial charge in [-0.2, -0.15) is 9.90 Å². The first kappa shape index (κ1) is 18.2. The Labute approximate surface area is 164 Å². The highest BCUT2D eigenvalue weighted by Gasteiger charge is 2.17. The quantitative estimate of drug-likeness (QED) is 0.758. The molecule has 0 bridgehead atoms. The lowest BCUT2D eigenvalue weighted by atomic mass is 10.1. The Morgan fingerprint density at radius 3 is 2.50 bits per heavy atom. The molecule has 2 aromatic carbocycles. The standard InChI is InChI=1S/C21H24N6O/c1-16-14-17(8-9-20(16)26-12-10-25(2)11-13-26)23-21(28)19-15-22-27(24-19)18-6-4-3-5-7-18/h3-9,14-15H,10-13H2,1-2H3,(H,23,28). The summed E-state index contributed by atoms with van der Waals surface area (Å²) >= 11 is 0. The molecule has 7 nitrogen and oxygen atoms in total. The minimum absolute atomic E-state index is 0.270. The van der Waals surface area contributed by atoms with Gasteiger partial charge in [-0.15, -0.1) is 5.10 Å². The largest absolute Gasteiger partial charge is 0.369 e. The third-order valence-corrected chi connectivity index (χ3v) is 5.01. The zero-order valence-electron chi connectivity index (χ0n) is 16.2. The summed E-state index contributed by atoms with van der Waals surface area (Å²) in [5, 5.41) is 11.4. The van der Waals surface area contributed by atoms with Crippen molar-refractivity contribution in [3.63, 3.8) is 0 Å². The minimum Gasteiger partial charge on any atom is -0.369 e. The van der Waals surface area contributed by atoms with Crippen molar-refractivity contribution in [2.75, 3.05) is 43.4 Å². The summed E-state index contributed by atoms with van der Waals surface area (Å²) in [5.41, 5.74) is 4.23. The predicted molar refractivity (Wildman–Crippen MR) is 110 cm³/mol. The number of carbonyl (C=O) groups is 1. The number of para-hydroxylation sites is 1. The SMILES string of the molecule is Cc1cc(NC(=O)c2cnn(-c3ccccc3)n2)ccc1N1CCN(C)CC1. The van der Waals surface area contributed by atoms with Crippen molar-refractivity contribution in [3.8, 4) is 5.69 Å². The van der Waals surface area contributed by atoms with Crippen molar-refractivity contribution >= 4 is 17.3 Å². The molecule has 3 aromatic rings. The molecule has 0 atom stereocenters. The summed E-state index contributed by atoms with van der Waals surface area (Å²) in [6.07, 6.45) is 1.48. The predicted octanol–water partition coefficient (Wildman–Crippen LogP) is 2.58. The van der Waals surface area contributed by atoms with Crippen molar-refractivity contribution in [2.45, 2.75) is 6.92 Å². The maximum atomic E-state index is 12.5. The fourth-order valence-electron chi connectivity index (χ4n) is 3.38. The van der Waals surface area contributed by atoms with E-state index in [9.17, 15) is 4.79 Å². The second-order valence-electron chi connectivity index (χ2n) is 7.10. The highest BCUT2D eigenvalue weighted by molar-refractivity contribution is 6.02. The van der Waals surface area contributed by atoms with E-state index in [0.717, 1.165) is 43.1 Å². The molecule has 1 N–H and O–H groups in total. The van der Waals surface area contributed by atoms with Gasteiger partial charge >= 0.3 is 0 Å². The zero-order valence-corrected chi connectivity index (χ0v) is 16.2. The van der Waals surface area contributed by atoms with Gasteiger partial charge in [0.2, 0.25) is 0 Å². The number of nitrogens with one attached hydrogen (secondary N) is 1. The van der Waals surface area contributed by atoms with Gasteiger partial charge in [0.05, 0.1) is 11.9 Å². The Bertz CT molecular complexity index is 960. The molecule has 1 aromatic heterocycles. The average Bonchev–Trinajstić information content (AvgIpc) is 3.20. The number of anilines is 2. The van der Waals surface area contributed by atoms with E-state index >= 15 is 0 Å². The lowest BCUT2D eigenvalue weighted by molar-refractivity contribution is 0.102. The van der Waals surface area contributed by atoms with E-state index in [1.165, 1.54) is 16.7 Å². The monoisotopic (exact) mass is 376 g/mol. The highest BCUT2D eigenvalue weighted by atomic mass is 16.2. The number of aromatic nitrogens is 3. The normalized spacial score (nSPS) is 14.9. The Kier molecular flexibility index (Phi) is 5.08. The average molecular weight is 376 g/mol. The van der Waals surface area contributed by atoms with Crippen LogP contribution in [0.1, 0.15) is 16.1 Å². The van der Waals surface area contributed by atoms with Gasteiger partial charge in [0.15, 0.2) is 5.69 Å². The molecule has 0 saturated carbocycles. The molecule has 0 spiro atoms. The summed E-state index contributed by atoms with van der Waals surface area (Å²) in [5.74, 6) is -0.270. The van der Waals surface area contributed by atoms with Gasteiger partial charge in [-0.25, -0.2) is 0 Å². The number of carbonyl (C=O) groups excluding carboxylic acids is 1. The maximum absolute atomic E-state index is 12.5. The van der Waals surface area contributed by atoms with E-state index in [1.54, 1.807) is 0 Å². The smallest absolute Gasteiger partial charge is 0.277 e. The Morgan fingerprint density at radius 1 is 1.04 bits per heavy atom. The number of nitrogens with zero attached hydrogens (tertiary/aromatic N) is 5.